The van der Waals surface area contributed by atoms with Crippen LogP contribution in [0, 0.1) is 6.92 Å². The number of piperazine rings is 1. The third-order valence-corrected chi connectivity index (χ3v) is 9.59. The Morgan fingerprint density at radius 2 is 1.54 bits per heavy atom. The summed E-state index contributed by atoms with van der Waals surface area (Å²) in [6, 6.07) is 9.82. The first-order valence-corrected chi connectivity index (χ1v) is 17.3. The summed E-state index contributed by atoms with van der Waals surface area (Å²) >= 11 is 1.32. The van der Waals surface area contributed by atoms with Crippen molar-refractivity contribution in [2.24, 2.45) is 0 Å². The number of carbonyl (C=O) groups is 4. The highest BCUT2D eigenvalue weighted by molar-refractivity contribution is 7.13. The number of anilines is 1. The summed E-state index contributed by atoms with van der Waals surface area (Å²) in [5.41, 5.74) is 1.90. The summed E-state index contributed by atoms with van der Waals surface area (Å²) in [5, 5.41) is 11.0. The Morgan fingerprint density at radius 1 is 0.891 bits per heavy atom. The van der Waals surface area contributed by atoms with Gasteiger partial charge in [-0.05, 0) is 69.9 Å². The lowest BCUT2D eigenvalue weighted by atomic mass is 10.2. The number of quaternary nitrogens is 1. The van der Waals surface area contributed by atoms with Crippen molar-refractivity contribution >= 4 is 40.8 Å². The van der Waals surface area contributed by atoms with E-state index in [1.807, 2.05) is 63.4 Å². The molecule has 0 aliphatic carbocycles. The van der Waals surface area contributed by atoms with E-state index in [2.05, 4.69) is 20.9 Å². The zero-order chi connectivity index (χ0) is 33.2. The van der Waals surface area contributed by atoms with Gasteiger partial charge in [-0.2, -0.15) is 0 Å². The second-order valence-corrected chi connectivity index (χ2v) is 14.4. The van der Waals surface area contributed by atoms with Crippen molar-refractivity contribution in [3.05, 3.63) is 51.7 Å². The fourth-order valence-electron chi connectivity index (χ4n) is 6.03. The second kappa shape index (κ2) is 16.4. The van der Waals surface area contributed by atoms with Crippen LogP contribution in [0.25, 0.3) is 0 Å². The number of thiophene rings is 1. The van der Waals surface area contributed by atoms with E-state index in [4.69, 9.17) is 4.74 Å². The van der Waals surface area contributed by atoms with Gasteiger partial charge in [-0.15, -0.1) is 11.3 Å². The maximum Gasteiger partial charge on any atom is 0.410 e. The number of amides is 4. The average Bonchev–Trinajstić information content (AvgIpc) is 3.21. The number of likely N-dealkylation sites (tertiary alicyclic amines) is 1. The van der Waals surface area contributed by atoms with Gasteiger partial charge in [0.2, 0.25) is 0 Å². The topological polar surface area (TPSA) is 120 Å². The molecule has 2 aliphatic rings. The molecule has 2 fully saturated rings. The lowest BCUT2D eigenvalue weighted by molar-refractivity contribution is -0.912. The number of carbonyl (C=O) groups excluding carboxylic acids is 4. The minimum absolute atomic E-state index is 0.0587. The highest BCUT2D eigenvalue weighted by Crippen LogP contribution is 2.28. The minimum atomic E-state index is -0.522. The molecule has 46 heavy (non-hydrogen) atoms. The van der Waals surface area contributed by atoms with Gasteiger partial charge in [0.15, 0.2) is 13.1 Å². The van der Waals surface area contributed by atoms with Gasteiger partial charge in [-0.25, -0.2) is 4.79 Å². The smallest absolute Gasteiger partial charge is 0.410 e. The summed E-state index contributed by atoms with van der Waals surface area (Å²) in [4.78, 5) is 56.6. The van der Waals surface area contributed by atoms with Crippen molar-refractivity contribution < 1.29 is 28.4 Å². The van der Waals surface area contributed by atoms with E-state index in [-0.39, 0.29) is 36.9 Å². The number of nitrogens with one attached hydrogen (secondary N) is 3. The highest BCUT2D eigenvalue weighted by Gasteiger charge is 2.34. The molecule has 0 spiro atoms. The van der Waals surface area contributed by atoms with Gasteiger partial charge in [0, 0.05) is 45.8 Å². The van der Waals surface area contributed by atoms with E-state index >= 15 is 0 Å². The molecule has 2 aromatic rings. The van der Waals surface area contributed by atoms with Gasteiger partial charge < -0.3 is 30.1 Å². The van der Waals surface area contributed by atoms with Crippen molar-refractivity contribution in [1.29, 1.82) is 0 Å². The molecule has 1 aromatic carbocycles. The van der Waals surface area contributed by atoms with E-state index in [0.717, 1.165) is 49.9 Å². The Labute approximate surface area is 277 Å². The number of nitrogens with zero attached hydrogens (tertiary/aromatic N) is 3. The molecule has 4 rings (SSSR count). The van der Waals surface area contributed by atoms with Crippen LogP contribution in [0.4, 0.5) is 10.5 Å². The van der Waals surface area contributed by atoms with Crippen LogP contribution >= 0.6 is 11.3 Å². The van der Waals surface area contributed by atoms with Crippen molar-refractivity contribution in [1.82, 2.24) is 20.4 Å². The number of hydrogen-bond donors (Lipinski definition) is 3. The Morgan fingerprint density at radius 3 is 2.20 bits per heavy atom. The fraction of sp³-hybridized carbons (Fsp3) is 0.588. The molecular formula is C34H51N6O5S+. The van der Waals surface area contributed by atoms with Crippen LogP contribution in [0.3, 0.4) is 0 Å². The van der Waals surface area contributed by atoms with Crippen LogP contribution in [0.1, 0.15) is 67.3 Å². The van der Waals surface area contributed by atoms with Gasteiger partial charge in [0.1, 0.15) is 10.5 Å². The minimum Gasteiger partial charge on any atom is -0.444 e. The number of benzene rings is 1. The largest absolute Gasteiger partial charge is 0.444 e. The van der Waals surface area contributed by atoms with E-state index in [1.165, 1.54) is 11.3 Å². The average molecular weight is 656 g/mol. The Kier molecular flexibility index (Phi) is 12.6. The van der Waals surface area contributed by atoms with Crippen molar-refractivity contribution in [3.63, 3.8) is 0 Å². The zero-order valence-corrected chi connectivity index (χ0v) is 28.7. The maximum atomic E-state index is 13.5. The monoisotopic (exact) mass is 655 g/mol. The number of rotatable bonds is 11. The summed E-state index contributed by atoms with van der Waals surface area (Å²) < 4.78 is 5.89. The predicted molar refractivity (Wildman–Crippen MR) is 181 cm³/mol. The highest BCUT2D eigenvalue weighted by atomic mass is 32.1. The number of ether oxygens (including phenoxy) is 1. The lowest BCUT2D eigenvalue weighted by Gasteiger charge is -2.36. The molecule has 11 nitrogen and oxygen atoms in total. The van der Waals surface area contributed by atoms with E-state index < -0.39 is 5.60 Å². The van der Waals surface area contributed by atoms with Gasteiger partial charge in [-0.1, -0.05) is 30.3 Å². The number of aryl methyl sites for hydroxylation is 1. The van der Waals surface area contributed by atoms with Gasteiger partial charge in [0.25, 0.3) is 17.7 Å². The van der Waals surface area contributed by atoms with Gasteiger partial charge >= 0.3 is 6.09 Å². The molecule has 3 heterocycles. The fourth-order valence-corrected chi connectivity index (χ4v) is 6.95. The summed E-state index contributed by atoms with van der Waals surface area (Å²) in [6.45, 7) is 13.6. The molecule has 0 atom stereocenters. The summed E-state index contributed by atoms with van der Waals surface area (Å²) in [5.74, 6) is -0.465. The Bertz CT molecular complexity index is 1330. The van der Waals surface area contributed by atoms with Crippen LogP contribution in [0.5, 0.6) is 0 Å². The van der Waals surface area contributed by atoms with E-state index in [0.29, 0.717) is 60.9 Å². The van der Waals surface area contributed by atoms with Crippen LogP contribution in [-0.2, 0) is 20.9 Å². The zero-order valence-electron chi connectivity index (χ0n) is 27.9. The third kappa shape index (κ3) is 10.8. The second-order valence-electron chi connectivity index (χ2n) is 13.5. The quantitative estimate of drug-likeness (QED) is 0.315. The Hall–Kier alpha value is -3.48. The van der Waals surface area contributed by atoms with Crippen molar-refractivity contribution in [2.75, 3.05) is 70.8 Å². The summed E-state index contributed by atoms with van der Waals surface area (Å²) in [6.07, 6.45) is 3.85. The molecule has 252 valence electrons. The molecule has 0 radical (unpaired) electrons. The van der Waals surface area contributed by atoms with Crippen molar-refractivity contribution in [3.8, 4) is 0 Å². The SMILES string of the molecule is Cc1csc(C(=O)NCCN2CCN(C(=O)OC(C)(C)C)CC2)c1NC(=O)C[N+]1(CC(=O)NCc2ccccc2)CCCCCC1. The summed E-state index contributed by atoms with van der Waals surface area (Å²) in [7, 11) is 0. The first kappa shape index (κ1) is 35.4. The third-order valence-electron chi connectivity index (χ3n) is 8.49. The normalized spacial score (nSPS) is 17.1. The molecule has 0 bridgehead atoms. The molecular weight excluding hydrogens is 604 g/mol. The molecule has 2 aliphatic heterocycles. The maximum absolute atomic E-state index is 13.5. The van der Waals surface area contributed by atoms with E-state index in [9.17, 15) is 19.2 Å². The number of hydrogen-bond acceptors (Lipinski definition) is 7. The van der Waals surface area contributed by atoms with Crippen LogP contribution in [0.15, 0.2) is 35.7 Å². The molecule has 0 unspecified atom stereocenters. The van der Waals surface area contributed by atoms with Crippen LogP contribution in [0.2, 0.25) is 0 Å². The van der Waals surface area contributed by atoms with Gasteiger partial charge in [0.05, 0.1) is 18.8 Å². The van der Waals surface area contributed by atoms with Gasteiger partial charge in [-0.3, -0.25) is 19.3 Å². The van der Waals surface area contributed by atoms with Crippen LogP contribution < -0.4 is 16.0 Å². The molecule has 1 aromatic heterocycles. The lowest BCUT2D eigenvalue weighted by Crippen LogP contribution is -2.57. The van der Waals surface area contributed by atoms with Crippen LogP contribution in [-0.4, -0.2) is 109 Å². The standard InChI is InChI=1S/C34H50N6O5S/c1-26-25-46-31(32(43)35-14-15-38-16-18-39(19-17-38)33(44)45-34(2,3)4)30(26)37-29(42)24-40(20-10-5-6-11-21-40)23-28(41)36-22-27-12-8-7-9-13-27/h7-9,12-13,25H,5-6,10-11,14-24H2,1-4H3,(H2-,35,36,37,41,42,43)/p+1. The molecule has 12 heteroatoms. The predicted octanol–water partition coefficient (Wildman–Crippen LogP) is 3.98. The molecule has 4 amide bonds. The Balaban J connectivity index is 1.28. The van der Waals surface area contributed by atoms with E-state index in [1.54, 1.807) is 4.90 Å². The first-order chi connectivity index (χ1) is 21.9. The van der Waals surface area contributed by atoms with Crippen molar-refractivity contribution in [2.45, 2.75) is 65.5 Å². The molecule has 0 saturated carbocycles. The molecule has 2 saturated heterocycles. The first-order valence-electron chi connectivity index (χ1n) is 16.5. The molecule has 3 N–H and O–H groups in total.